The van der Waals surface area contributed by atoms with Crippen molar-refractivity contribution in [3.63, 3.8) is 0 Å². The fourth-order valence-electron chi connectivity index (χ4n) is 1.11. The van der Waals surface area contributed by atoms with Gasteiger partial charge in [0.2, 0.25) is 0 Å². The number of hydrogen-bond donors (Lipinski definition) is 2. The second kappa shape index (κ2) is 5.78. The van der Waals surface area contributed by atoms with Gasteiger partial charge in [-0.1, -0.05) is 0 Å². The highest BCUT2D eigenvalue weighted by Gasteiger charge is 2.12. The highest BCUT2D eigenvalue weighted by Crippen LogP contribution is 2.22. The molecule has 1 aromatic rings. The molecule has 1 aromatic carbocycles. The predicted octanol–water partition coefficient (Wildman–Crippen LogP) is 1.37. The van der Waals surface area contributed by atoms with E-state index in [1.807, 2.05) is 5.43 Å². The number of nitrogens with one attached hydrogen (secondary N) is 1. The lowest BCUT2D eigenvalue weighted by molar-refractivity contribution is 0.249. The Labute approximate surface area is 96.3 Å². The van der Waals surface area contributed by atoms with Crippen LogP contribution in [-0.4, -0.2) is 18.9 Å². The van der Waals surface area contributed by atoms with E-state index in [0.29, 0.717) is 0 Å². The van der Waals surface area contributed by atoms with E-state index in [4.69, 9.17) is 10.5 Å². The zero-order valence-corrected chi connectivity index (χ0v) is 9.04. The van der Waals surface area contributed by atoms with Gasteiger partial charge in [0.1, 0.15) is 5.75 Å². The molecule has 17 heavy (non-hydrogen) atoms. The van der Waals surface area contributed by atoms with Crippen LogP contribution in [0.1, 0.15) is 12.5 Å². The molecule has 0 aliphatic rings. The van der Waals surface area contributed by atoms with Gasteiger partial charge in [0.15, 0.2) is 11.6 Å². The van der Waals surface area contributed by atoms with Crippen LogP contribution in [0.25, 0.3) is 0 Å². The number of hydrogen-bond acceptors (Lipinski definition) is 3. The Morgan fingerprint density at radius 2 is 2.29 bits per heavy atom. The molecule has 0 fully saturated rings. The molecule has 1 rings (SSSR count). The number of rotatable bonds is 4. The van der Waals surface area contributed by atoms with Crippen LogP contribution in [0.2, 0.25) is 0 Å². The van der Waals surface area contributed by atoms with Gasteiger partial charge in [-0.25, -0.2) is 19.0 Å². The van der Waals surface area contributed by atoms with E-state index in [0.717, 1.165) is 12.3 Å². The number of nitrogens with two attached hydrogens (primary N) is 1. The number of hydrazone groups is 1. The largest absolute Gasteiger partial charge is 0.493 e. The molecule has 0 atom stereocenters. The molecule has 0 spiro atoms. The van der Waals surface area contributed by atoms with Crippen molar-refractivity contribution in [3.05, 3.63) is 29.3 Å². The first kappa shape index (κ1) is 12.9. The van der Waals surface area contributed by atoms with Gasteiger partial charge in [-0.3, -0.25) is 0 Å². The van der Waals surface area contributed by atoms with Gasteiger partial charge in [-0.2, -0.15) is 5.10 Å². The molecule has 0 aromatic heterocycles. The quantitative estimate of drug-likeness (QED) is 0.618. The third-order valence-corrected chi connectivity index (χ3v) is 1.76. The minimum absolute atomic E-state index is 0.126. The lowest BCUT2D eigenvalue weighted by atomic mass is 10.2. The third kappa shape index (κ3) is 3.40. The number of carbonyl (C=O) groups is 1. The van der Waals surface area contributed by atoms with E-state index in [1.54, 1.807) is 6.92 Å². The molecule has 0 saturated heterocycles. The number of halogens is 2. The zero-order valence-electron chi connectivity index (χ0n) is 9.04. The number of benzene rings is 1. The normalized spacial score (nSPS) is 10.5. The molecule has 2 amide bonds. The Hall–Kier alpha value is -2.18. The Morgan fingerprint density at radius 3 is 2.88 bits per heavy atom. The molecule has 92 valence electrons. The molecular formula is C10H11F2N3O2. The maximum atomic E-state index is 13.4. The maximum absolute atomic E-state index is 13.4. The second-order valence-electron chi connectivity index (χ2n) is 2.94. The Bertz CT molecular complexity index is 449. The first-order valence-electron chi connectivity index (χ1n) is 4.75. The summed E-state index contributed by atoms with van der Waals surface area (Å²) in [6.07, 6.45) is 0.925. The number of urea groups is 1. The van der Waals surface area contributed by atoms with Gasteiger partial charge in [-0.05, 0) is 19.1 Å². The minimum atomic E-state index is -1.11. The van der Waals surface area contributed by atoms with Crippen molar-refractivity contribution >= 4 is 12.2 Å². The second-order valence-corrected chi connectivity index (χ2v) is 2.94. The minimum Gasteiger partial charge on any atom is -0.493 e. The maximum Gasteiger partial charge on any atom is 0.332 e. The van der Waals surface area contributed by atoms with E-state index in [1.165, 1.54) is 6.07 Å². The number of ether oxygens (including phenoxy) is 1. The van der Waals surface area contributed by atoms with Crippen LogP contribution in [0.3, 0.4) is 0 Å². The number of primary amides is 1. The smallest absolute Gasteiger partial charge is 0.332 e. The molecular weight excluding hydrogens is 232 g/mol. The van der Waals surface area contributed by atoms with E-state index in [9.17, 15) is 13.6 Å². The predicted molar refractivity (Wildman–Crippen MR) is 57.8 cm³/mol. The first-order valence-corrected chi connectivity index (χ1v) is 4.75. The van der Waals surface area contributed by atoms with Crippen LogP contribution in [0.15, 0.2) is 17.2 Å². The van der Waals surface area contributed by atoms with Gasteiger partial charge in [0.25, 0.3) is 0 Å². The third-order valence-electron chi connectivity index (χ3n) is 1.76. The molecule has 0 heterocycles. The molecule has 0 aliphatic heterocycles. The van der Waals surface area contributed by atoms with Crippen molar-refractivity contribution in [2.45, 2.75) is 6.92 Å². The molecule has 0 unspecified atom stereocenters. The van der Waals surface area contributed by atoms with E-state index in [-0.39, 0.29) is 17.9 Å². The molecule has 7 heteroatoms. The molecule has 0 bridgehead atoms. The van der Waals surface area contributed by atoms with E-state index < -0.39 is 17.7 Å². The summed E-state index contributed by atoms with van der Waals surface area (Å²) in [6.45, 7) is 1.99. The lowest BCUT2D eigenvalue weighted by Crippen LogP contribution is -2.24. The summed E-state index contributed by atoms with van der Waals surface area (Å²) < 4.78 is 31.5. The molecule has 5 nitrogen and oxygen atoms in total. The SMILES string of the molecule is CCOc1ccc(F)c(F)c1C=NNC(N)=O. The van der Waals surface area contributed by atoms with Crippen molar-refractivity contribution in [3.8, 4) is 5.75 Å². The van der Waals surface area contributed by atoms with Gasteiger partial charge in [0.05, 0.1) is 18.4 Å². The van der Waals surface area contributed by atoms with Gasteiger partial charge >= 0.3 is 6.03 Å². The van der Waals surface area contributed by atoms with Crippen LogP contribution in [0, 0.1) is 11.6 Å². The average Bonchev–Trinajstić information content (AvgIpc) is 2.27. The summed E-state index contributed by atoms with van der Waals surface area (Å²) in [4.78, 5) is 10.4. The first-order chi connectivity index (χ1) is 8.06. The summed E-state index contributed by atoms with van der Waals surface area (Å²) in [5.41, 5.74) is 6.44. The molecule has 0 aliphatic carbocycles. The number of carbonyl (C=O) groups excluding carboxylic acids is 1. The van der Waals surface area contributed by atoms with Crippen LogP contribution < -0.4 is 15.9 Å². The summed E-state index contributed by atoms with van der Waals surface area (Å²) in [5.74, 6) is -2.01. The van der Waals surface area contributed by atoms with Crippen LogP contribution >= 0.6 is 0 Å². The van der Waals surface area contributed by atoms with Crippen molar-refractivity contribution in [2.24, 2.45) is 10.8 Å². The number of amides is 2. The standard InChI is InChI=1S/C10H11F2N3O2/c1-2-17-8-4-3-7(11)9(12)6(8)5-14-15-10(13)16/h3-5H,2H2,1H3,(H3,13,15,16). The van der Waals surface area contributed by atoms with Crippen molar-refractivity contribution < 1.29 is 18.3 Å². The summed E-state index contributed by atoms with van der Waals surface area (Å²) >= 11 is 0. The zero-order chi connectivity index (χ0) is 12.8. The monoisotopic (exact) mass is 243 g/mol. The van der Waals surface area contributed by atoms with Crippen LogP contribution in [0.4, 0.5) is 13.6 Å². The Morgan fingerprint density at radius 1 is 1.59 bits per heavy atom. The lowest BCUT2D eigenvalue weighted by Gasteiger charge is -2.07. The Balaban J connectivity index is 3.05. The fourth-order valence-corrected chi connectivity index (χ4v) is 1.11. The van der Waals surface area contributed by atoms with Gasteiger partial charge in [0, 0.05) is 0 Å². The highest BCUT2D eigenvalue weighted by molar-refractivity contribution is 5.85. The van der Waals surface area contributed by atoms with Crippen LogP contribution in [-0.2, 0) is 0 Å². The van der Waals surface area contributed by atoms with Crippen molar-refractivity contribution in [2.75, 3.05) is 6.61 Å². The van der Waals surface area contributed by atoms with E-state index >= 15 is 0 Å². The van der Waals surface area contributed by atoms with Crippen molar-refractivity contribution in [1.29, 1.82) is 0 Å². The van der Waals surface area contributed by atoms with Gasteiger partial charge < -0.3 is 10.5 Å². The molecule has 0 radical (unpaired) electrons. The average molecular weight is 243 g/mol. The molecule has 3 N–H and O–H groups in total. The summed E-state index contributed by atoms with van der Waals surface area (Å²) in [7, 11) is 0. The fraction of sp³-hybridized carbons (Fsp3) is 0.200. The Kier molecular flexibility index (Phi) is 4.38. The van der Waals surface area contributed by atoms with Gasteiger partial charge in [-0.15, -0.1) is 0 Å². The van der Waals surface area contributed by atoms with E-state index in [2.05, 4.69) is 5.10 Å². The topological polar surface area (TPSA) is 76.7 Å². The molecule has 0 saturated carbocycles. The van der Waals surface area contributed by atoms with Crippen molar-refractivity contribution in [1.82, 2.24) is 5.43 Å². The number of nitrogens with zero attached hydrogens (tertiary/aromatic N) is 1. The summed E-state index contributed by atoms with van der Waals surface area (Å²) in [6, 6.07) is 1.31. The highest BCUT2D eigenvalue weighted by atomic mass is 19.2. The van der Waals surface area contributed by atoms with Crippen LogP contribution in [0.5, 0.6) is 5.75 Å². The summed E-state index contributed by atoms with van der Waals surface area (Å²) in [5, 5.41) is 3.35.